The predicted molar refractivity (Wildman–Crippen MR) is 76.9 cm³/mol. The van der Waals surface area contributed by atoms with Crippen molar-refractivity contribution in [1.82, 2.24) is 14.7 Å². The highest BCUT2D eigenvalue weighted by molar-refractivity contribution is 5.80. The quantitative estimate of drug-likeness (QED) is 0.841. The number of rotatable bonds is 3. The first-order valence-corrected chi connectivity index (χ1v) is 7.39. The van der Waals surface area contributed by atoms with Crippen LogP contribution in [-0.4, -0.2) is 39.5 Å². The van der Waals surface area contributed by atoms with E-state index >= 15 is 0 Å². The number of carbonyl (C=O) groups excluding carboxylic acids is 1. The Labute approximate surface area is 123 Å². The Morgan fingerprint density at radius 2 is 2.14 bits per heavy atom. The summed E-state index contributed by atoms with van der Waals surface area (Å²) in [5.41, 5.74) is 0.327. The maximum atomic E-state index is 12.7. The maximum Gasteiger partial charge on any atom is 0.267 e. The Hall–Kier alpha value is -1.69. The molecule has 2 heterocycles. The number of hydrogen-bond acceptors (Lipinski definition) is 4. The highest BCUT2D eigenvalue weighted by atomic mass is 16.5. The van der Waals surface area contributed by atoms with Crippen LogP contribution in [0.15, 0.2) is 16.9 Å². The standard InChI is InChI=1S/C15H21N3O3/c1-10(14(20)17-9-21-8-15(17,2)3)18-13(19)7-6-12(16-18)11-4-5-11/h6-7,10-11H,4-5,8-9H2,1-3H3. The number of hydrogen-bond donors (Lipinski definition) is 0. The molecule has 6 nitrogen and oxygen atoms in total. The van der Waals surface area contributed by atoms with E-state index in [0.717, 1.165) is 18.5 Å². The second-order valence-electron chi connectivity index (χ2n) is 6.55. The van der Waals surface area contributed by atoms with Crippen molar-refractivity contribution in [3.05, 3.63) is 28.2 Å². The lowest BCUT2D eigenvalue weighted by atomic mass is 10.1. The van der Waals surface area contributed by atoms with Gasteiger partial charge in [0.1, 0.15) is 12.8 Å². The Kier molecular flexibility index (Phi) is 3.36. The Morgan fingerprint density at radius 3 is 2.71 bits per heavy atom. The summed E-state index contributed by atoms with van der Waals surface area (Å²) in [6.45, 7) is 6.42. The van der Waals surface area contributed by atoms with Gasteiger partial charge >= 0.3 is 0 Å². The summed E-state index contributed by atoms with van der Waals surface area (Å²) >= 11 is 0. The summed E-state index contributed by atoms with van der Waals surface area (Å²) in [6, 6.07) is 2.67. The van der Waals surface area contributed by atoms with Gasteiger partial charge in [-0.2, -0.15) is 5.10 Å². The second-order valence-corrected chi connectivity index (χ2v) is 6.55. The first kappa shape index (κ1) is 14.3. The van der Waals surface area contributed by atoms with Crippen molar-refractivity contribution < 1.29 is 9.53 Å². The average molecular weight is 291 g/mol. The molecule has 21 heavy (non-hydrogen) atoms. The Bertz CT molecular complexity index is 619. The lowest BCUT2D eigenvalue weighted by Crippen LogP contribution is -2.48. The van der Waals surface area contributed by atoms with Crippen LogP contribution in [0.1, 0.15) is 51.3 Å². The van der Waals surface area contributed by atoms with E-state index in [1.54, 1.807) is 17.9 Å². The predicted octanol–water partition coefficient (Wildman–Crippen LogP) is 1.28. The van der Waals surface area contributed by atoms with Gasteiger partial charge in [-0.1, -0.05) is 0 Å². The van der Waals surface area contributed by atoms with Gasteiger partial charge in [0.25, 0.3) is 5.56 Å². The minimum absolute atomic E-state index is 0.125. The van der Waals surface area contributed by atoms with E-state index < -0.39 is 6.04 Å². The molecule has 1 atom stereocenters. The van der Waals surface area contributed by atoms with Crippen molar-refractivity contribution in [2.45, 2.75) is 51.1 Å². The van der Waals surface area contributed by atoms with Gasteiger partial charge in [-0.05, 0) is 39.7 Å². The average Bonchev–Trinajstić information content (AvgIpc) is 3.22. The van der Waals surface area contributed by atoms with E-state index in [1.807, 2.05) is 13.8 Å². The molecule has 0 bridgehead atoms. The third kappa shape index (κ3) is 2.60. The molecule has 1 amide bonds. The fraction of sp³-hybridized carbons (Fsp3) is 0.667. The van der Waals surface area contributed by atoms with E-state index in [-0.39, 0.29) is 23.7 Å². The fourth-order valence-electron chi connectivity index (χ4n) is 2.65. The lowest BCUT2D eigenvalue weighted by Gasteiger charge is -2.31. The number of ether oxygens (including phenoxy) is 1. The van der Waals surface area contributed by atoms with Gasteiger partial charge < -0.3 is 9.64 Å². The van der Waals surface area contributed by atoms with Crippen LogP contribution in [0.25, 0.3) is 0 Å². The van der Waals surface area contributed by atoms with Gasteiger partial charge in [0, 0.05) is 12.0 Å². The normalized spacial score (nSPS) is 22.3. The minimum Gasteiger partial charge on any atom is -0.359 e. The van der Waals surface area contributed by atoms with Crippen LogP contribution in [0.2, 0.25) is 0 Å². The molecule has 0 spiro atoms. The van der Waals surface area contributed by atoms with Crippen LogP contribution in [0.3, 0.4) is 0 Å². The summed E-state index contributed by atoms with van der Waals surface area (Å²) in [4.78, 5) is 26.4. The van der Waals surface area contributed by atoms with Crippen LogP contribution in [0.4, 0.5) is 0 Å². The lowest BCUT2D eigenvalue weighted by molar-refractivity contribution is -0.138. The topological polar surface area (TPSA) is 64.4 Å². The van der Waals surface area contributed by atoms with Crippen molar-refractivity contribution >= 4 is 5.91 Å². The van der Waals surface area contributed by atoms with Gasteiger partial charge in [0.2, 0.25) is 5.91 Å². The van der Waals surface area contributed by atoms with Gasteiger partial charge in [-0.15, -0.1) is 0 Å². The minimum atomic E-state index is -0.614. The van der Waals surface area contributed by atoms with Gasteiger partial charge in [0.05, 0.1) is 17.8 Å². The summed E-state index contributed by atoms with van der Waals surface area (Å²) in [5, 5.41) is 4.39. The van der Waals surface area contributed by atoms with Crippen LogP contribution in [0, 0.1) is 0 Å². The summed E-state index contributed by atoms with van der Waals surface area (Å²) in [5.74, 6) is 0.325. The number of carbonyl (C=O) groups is 1. The molecular weight excluding hydrogens is 270 g/mol. The third-order valence-electron chi connectivity index (χ3n) is 4.24. The van der Waals surface area contributed by atoms with Crippen LogP contribution in [0.5, 0.6) is 0 Å². The maximum absolute atomic E-state index is 12.7. The van der Waals surface area contributed by atoms with E-state index in [9.17, 15) is 9.59 Å². The molecule has 0 aromatic carbocycles. The summed E-state index contributed by atoms with van der Waals surface area (Å²) in [6.07, 6.45) is 2.22. The smallest absolute Gasteiger partial charge is 0.267 e. The largest absolute Gasteiger partial charge is 0.359 e. The van der Waals surface area contributed by atoms with Crippen molar-refractivity contribution in [3.63, 3.8) is 0 Å². The highest BCUT2D eigenvalue weighted by Gasteiger charge is 2.39. The summed E-state index contributed by atoms with van der Waals surface area (Å²) in [7, 11) is 0. The Balaban J connectivity index is 1.87. The zero-order valence-corrected chi connectivity index (χ0v) is 12.7. The molecule has 1 aromatic heterocycles. The third-order valence-corrected chi connectivity index (χ3v) is 4.24. The van der Waals surface area contributed by atoms with E-state index in [1.165, 1.54) is 10.7 Å². The summed E-state index contributed by atoms with van der Waals surface area (Å²) < 4.78 is 6.69. The highest BCUT2D eigenvalue weighted by Crippen LogP contribution is 2.38. The molecule has 2 aliphatic rings. The molecule has 0 radical (unpaired) electrons. The molecule has 3 rings (SSSR count). The fourth-order valence-corrected chi connectivity index (χ4v) is 2.65. The molecule has 1 unspecified atom stereocenters. The van der Waals surface area contributed by atoms with Gasteiger partial charge in [-0.3, -0.25) is 9.59 Å². The van der Waals surface area contributed by atoms with E-state index in [4.69, 9.17) is 4.74 Å². The number of amides is 1. The monoisotopic (exact) mass is 291 g/mol. The van der Waals surface area contributed by atoms with E-state index in [2.05, 4.69) is 5.10 Å². The zero-order valence-electron chi connectivity index (χ0n) is 12.7. The molecule has 2 fully saturated rings. The Morgan fingerprint density at radius 1 is 1.43 bits per heavy atom. The molecule has 0 N–H and O–H groups in total. The molecule has 6 heteroatoms. The molecular formula is C15H21N3O3. The first-order chi connectivity index (χ1) is 9.90. The van der Waals surface area contributed by atoms with E-state index in [0.29, 0.717) is 12.5 Å². The number of aromatic nitrogens is 2. The molecule has 1 saturated heterocycles. The van der Waals surface area contributed by atoms with Crippen molar-refractivity contribution in [1.29, 1.82) is 0 Å². The van der Waals surface area contributed by atoms with Crippen molar-refractivity contribution in [2.75, 3.05) is 13.3 Å². The van der Waals surface area contributed by atoms with Gasteiger partial charge in [0.15, 0.2) is 0 Å². The van der Waals surface area contributed by atoms with Gasteiger partial charge in [-0.25, -0.2) is 4.68 Å². The molecule has 1 aliphatic heterocycles. The van der Waals surface area contributed by atoms with Crippen LogP contribution < -0.4 is 5.56 Å². The molecule has 114 valence electrons. The van der Waals surface area contributed by atoms with Crippen LogP contribution >= 0.6 is 0 Å². The number of nitrogens with zero attached hydrogens (tertiary/aromatic N) is 3. The van der Waals surface area contributed by atoms with Crippen molar-refractivity contribution in [2.24, 2.45) is 0 Å². The molecule has 1 aliphatic carbocycles. The zero-order chi connectivity index (χ0) is 15.2. The van der Waals surface area contributed by atoms with Crippen molar-refractivity contribution in [3.8, 4) is 0 Å². The van der Waals surface area contributed by atoms with Crippen LogP contribution in [-0.2, 0) is 9.53 Å². The molecule has 1 aromatic rings. The molecule has 1 saturated carbocycles. The SMILES string of the molecule is CC(C(=O)N1COCC1(C)C)n1nc(C2CC2)ccc1=O. The second kappa shape index (κ2) is 4.94. The first-order valence-electron chi connectivity index (χ1n) is 7.39.